The van der Waals surface area contributed by atoms with Gasteiger partial charge >= 0.3 is 0 Å². The zero-order valence-corrected chi connectivity index (χ0v) is 9.51. The quantitative estimate of drug-likeness (QED) is 0.663. The van der Waals surface area contributed by atoms with Crippen LogP contribution < -0.4 is 5.73 Å². The van der Waals surface area contributed by atoms with E-state index in [0.29, 0.717) is 0 Å². The summed E-state index contributed by atoms with van der Waals surface area (Å²) in [7, 11) is 0. The molecular weight excluding hydrogens is 208 g/mol. The van der Waals surface area contributed by atoms with E-state index in [1.54, 1.807) is 0 Å². The molecule has 0 spiro atoms. The van der Waals surface area contributed by atoms with Crippen molar-refractivity contribution in [1.29, 1.82) is 0 Å². The minimum atomic E-state index is 0.820. The van der Waals surface area contributed by atoms with Gasteiger partial charge in [0, 0.05) is 23.9 Å². The molecule has 0 amide bonds. The van der Waals surface area contributed by atoms with Gasteiger partial charge in [0.15, 0.2) is 0 Å². The molecule has 0 radical (unpaired) electrons. The van der Waals surface area contributed by atoms with E-state index in [4.69, 9.17) is 5.73 Å². The molecule has 0 aliphatic rings. The van der Waals surface area contributed by atoms with E-state index in [1.807, 2.05) is 18.2 Å². The average Bonchev–Trinajstić information content (AvgIpc) is 2.76. The maximum absolute atomic E-state index is 5.97. The van der Waals surface area contributed by atoms with Crippen LogP contribution in [0.1, 0.15) is 5.56 Å². The molecule has 3 aromatic rings. The largest absolute Gasteiger partial charge is 0.398 e. The van der Waals surface area contributed by atoms with Gasteiger partial charge in [0.05, 0.1) is 0 Å². The maximum Gasteiger partial charge on any atom is 0.0496 e. The summed E-state index contributed by atoms with van der Waals surface area (Å²) in [5.74, 6) is 0. The summed E-state index contributed by atoms with van der Waals surface area (Å²) in [6.07, 6.45) is 2.11. The highest BCUT2D eigenvalue weighted by Crippen LogP contribution is 2.19. The lowest BCUT2D eigenvalue weighted by Crippen LogP contribution is -2.01. The van der Waals surface area contributed by atoms with Crippen LogP contribution in [0.4, 0.5) is 5.69 Å². The summed E-state index contributed by atoms with van der Waals surface area (Å²) in [4.78, 5) is 0. The van der Waals surface area contributed by atoms with Crippen molar-refractivity contribution in [2.45, 2.75) is 6.54 Å². The number of benzene rings is 2. The second kappa shape index (κ2) is 3.98. The predicted octanol–water partition coefficient (Wildman–Crippen LogP) is 3.27. The van der Waals surface area contributed by atoms with Crippen molar-refractivity contribution in [3.8, 4) is 0 Å². The number of aromatic nitrogens is 1. The number of nitrogen functional groups attached to an aromatic ring is 1. The second-order valence-electron chi connectivity index (χ2n) is 4.20. The Hall–Kier alpha value is -2.22. The number of nitrogens with two attached hydrogens (primary N) is 1. The van der Waals surface area contributed by atoms with Crippen molar-refractivity contribution in [2.75, 3.05) is 5.73 Å². The van der Waals surface area contributed by atoms with Crippen LogP contribution in [0.15, 0.2) is 60.8 Å². The Balaban J connectivity index is 2.03. The number of nitrogens with zero attached hydrogens (tertiary/aromatic N) is 1. The van der Waals surface area contributed by atoms with Gasteiger partial charge < -0.3 is 10.3 Å². The summed E-state index contributed by atoms with van der Waals surface area (Å²) < 4.78 is 2.22. The van der Waals surface area contributed by atoms with Crippen LogP contribution in [0.3, 0.4) is 0 Å². The third-order valence-corrected chi connectivity index (χ3v) is 3.08. The molecule has 0 bridgehead atoms. The molecule has 0 unspecified atom stereocenters. The van der Waals surface area contributed by atoms with Crippen LogP contribution >= 0.6 is 0 Å². The van der Waals surface area contributed by atoms with Gasteiger partial charge in [0.25, 0.3) is 0 Å². The lowest BCUT2D eigenvalue weighted by molar-refractivity contribution is 0.839. The van der Waals surface area contributed by atoms with Crippen LogP contribution in [0.25, 0.3) is 10.9 Å². The molecule has 2 N–H and O–H groups in total. The van der Waals surface area contributed by atoms with Crippen molar-refractivity contribution >= 4 is 16.6 Å². The fourth-order valence-corrected chi connectivity index (χ4v) is 2.14. The first-order chi connectivity index (χ1) is 8.34. The Morgan fingerprint density at radius 1 is 0.882 bits per heavy atom. The Morgan fingerprint density at radius 2 is 1.65 bits per heavy atom. The number of para-hydroxylation sites is 2. The zero-order chi connectivity index (χ0) is 11.7. The molecule has 2 heteroatoms. The second-order valence-corrected chi connectivity index (χ2v) is 4.20. The van der Waals surface area contributed by atoms with Gasteiger partial charge in [-0.3, -0.25) is 0 Å². The van der Waals surface area contributed by atoms with Crippen molar-refractivity contribution < 1.29 is 0 Å². The summed E-state index contributed by atoms with van der Waals surface area (Å²) in [5.41, 5.74) is 9.23. The molecule has 0 atom stereocenters. The smallest absolute Gasteiger partial charge is 0.0496 e. The lowest BCUT2D eigenvalue weighted by Gasteiger charge is -2.08. The van der Waals surface area contributed by atoms with E-state index in [9.17, 15) is 0 Å². The number of fused-ring (bicyclic) bond motifs is 1. The highest BCUT2D eigenvalue weighted by Gasteiger charge is 2.02. The summed E-state index contributed by atoms with van der Waals surface area (Å²) in [6.45, 7) is 0.820. The first-order valence-corrected chi connectivity index (χ1v) is 5.72. The van der Waals surface area contributed by atoms with Crippen molar-refractivity contribution in [3.63, 3.8) is 0 Å². The van der Waals surface area contributed by atoms with Gasteiger partial charge in [-0.05, 0) is 29.1 Å². The number of anilines is 1. The molecule has 84 valence electrons. The van der Waals surface area contributed by atoms with E-state index in [2.05, 4.69) is 47.2 Å². The molecule has 0 aliphatic heterocycles. The van der Waals surface area contributed by atoms with Gasteiger partial charge in [0.2, 0.25) is 0 Å². The van der Waals surface area contributed by atoms with E-state index >= 15 is 0 Å². The molecule has 1 heterocycles. The molecule has 2 aromatic carbocycles. The Bertz CT molecular complexity index is 653. The first kappa shape index (κ1) is 9.97. The zero-order valence-electron chi connectivity index (χ0n) is 9.51. The predicted molar refractivity (Wildman–Crippen MR) is 71.9 cm³/mol. The monoisotopic (exact) mass is 222 g/mol. The third kappa shape index (κ3) is 1.78. The highest BCUT2D eigenvalue weighted by atomic mass is 15.0. The van der Waals surface area contributed by atoms with Gasteiger partial charge in [-0.25, -0.2) is 0 Å². The highest BCUT2D eigenvalue weighted by molar-refractivity contribution is 5.80. The first-order valence-electron chi connectivity index (χ1n) is 5.72. The Labute approximate surface area is 100 Å². The van der Waals surface area contributed by atoms with Crippen LogP contribution in [-0.2, 0) is 6.54 Å². The lowest BCUT2D eigenvalue weighted by atomic mass is 10.2. The molecular formula is C15H14N2. The number of rotatable bonds is 2. The van der Waals surface area contributed by atoms with E-state index in [-0.39, 0.29) is 0 Å². The third-order valence-electron chi connectivity index (χ3n) is 3.08. The molecule has 0 fully saturated rings. The molecule has 3 rings (SSSR count). The number of hydrogen-bond donors (Lipinski definition) is 1. The van der Waals surface area contributed by atoms with Gasteiger partial charge in [-0.15, -0.1) is 0 Å². The normalized spacial score (nSPS) is 10.8. The maximum atomic E-state index is 5.97. The van der Waals surface area contributed by atoms with Crippen LogP contribution in [0, 0.1) is 0 Å². The minimum Gasteiger partial charge on any atom is -0.398 e. The van der Waals surface area contributed by atoms with E-state index in [0.717, 1.165) is 17.8 Å². The van der Waals surface area contributed by atoms with Crippen LogP contribution in [-0.4, -0.2) is 4.57 Å². The van der Waals surface area contributed by atoms with Crippen LogP contribution in [0.2, 0.25) is 0 Å². The average molecular weight is 222 g/mol. The molecule has 17 heavy (non-hydrogen) atoms. The van der Waals surface area contributed by atoms with Crippen LogP contribution in [0.5, 0.6) is 0 Å². The fraction of sp³-hybridized carbons (Fsp3) is 0.0667. The molecule has 0 saturated carbocycles. The molecule has 2 nitrogen and oxygen atoms in total. The minimum absolute atomic E-state index is 0.820. The van der Waals surface area contributed by atoms with Crippen molar-refractivity contribution in [2.24, 2.45) is 0 Å². The Kier molecular flexibility index (Phi) is 2.33. The fourth-order valence-electron chi connectivity index (χ4n) is 2.14. The van der Waals surface area contributed by atoms with E-state index in [1.165, 1.54) is 10.9 Å². The van der Waals surface area contributed by atoms with Gasteiger partial charge in [0.1, 0.15) is 0 Å². The molecule has 0 saturated heterocycles. The summed E-state index contributed by atoms with van der Waals surface area (Å²) in [6, 6.07) is 18.5. The van der Waals surface area contributed by atoms with Gasteiger partial charge in [-0.1, -0.05) is 36.4 Å². The molecule has 1 aromatic heterocycles. The summed E-state index contributed by atoms with van der Waals surface area (Å²) >= 11 is 0. The van der Waals surface area contributed by atoms with Crippen molar-refractivity contribution in [3.05, 3.63) is 66.4 Å². The SMILES string of the molecule is Nc1ccccc1Cn1ccc2ccccc21. The number of hydrogen-bond acceptors (Lipinski definition) is 1. The topological polar surface area (TPSA) is 30.9 Å². The Morgan fingerprint density at radius 3 is 2.53 bits per heavy atom. The molecule has 0 aliphatic carbocycles. The van der Waals surface area contributed by atoms with Crippen molar-refractivity contribution in [1.82, 2.24) is 4.57 Å². The van der Waals surface area contributed by atoms with Gasteiger partial charge in [-0.2, -0.15) is 0 Å². The summed E-state index contributed by atoms with van der Waals surface area (Å²) in [5, 5.41) is 1.27. The standard InChI is InChI=1S/C15H14N2/c16-14-7-3-1-6-13(14)11-17-10-9-12-5-2-4-8-15(12)17/h1-10H,11,16H2. The van der Waals surface area contributed by atoms with E-state index < -0.39 is 0 Å².